The highest BCUT2D eigenvalue weighted by atomic mass is 79.9. The molecule has 0 saturated carbocycles. The Labute approximate surface area is 105 Å². The van der Waals surface area contributed by atoms with Gasteiger partial charge in [0, 0.05) is 22.3 Å². The Morgan fingerprint density at radius 3 is 2.60 bits per heavy atom. The van der Waals surface area contributed by atoms with Gasteiger partial charge in [0.2, 0.25) is 0 Å². The maximum absolute atomic E-state index is 3.59. The zero-order valence-corrected chi connectivity index (χ0v) is 11.9. The zero-order valence-electron chi connectivity index (χ0n) is 9.46. The molecule has 2 atom stereocenters. The maximum Gasteiger partial charge on any atom is 0.0305 e. The first kappa shape index (κ1) is 13.1. The fraction of sp³-hybridized carbons (Fsp3) is 0.500. The maximum atomic E-state index is 3.59. The summed E-state index contributed by atoms with van der Waals surface area (Å²) in [5.74, 6) is 1.15. The van der Waals surface area contributed by atoms with Crippen molar-refractivity contribution < 1.29 is 0 Å². The predicted molar refractivity (Wildman–Crippen MR) is 73.5 cm³/mol. The first-order chi connectivity index (χ1) is 7.15. The van der Waals surface area contributed by atoms with Crippen molar-refractivity contribution in [2.75, 3.05) is 12.0 Å². The Morgan fingerprint density at radius 2 is 2.00 bits per heavy atom. The second-order valence-corrected chi connectivity index (χ2v) is 5.53. The van der Waals surface area contributed by atoms with Crippen LogP contribution in [0.15, 0.2) is 28.7 Å². The van der Waals surface area contributed by atoms with Crippen molar-refractivity contribution in [3.63, 3.8) is 0 Å². The van der Waals surface area contributed by atoms with E-state index in [4.69, 9.17) is 0 Å². The molecule has 0 amide bonds. The van der Waals surface area contributed by atoms with E-state index >= 15 is 0 Å². The Kier molecular flexibility index (Phi) is 5.72. The Bertz CT molecular complexity index is 303. The van der Waals surface area contributed by atoms with Crippen molar-refractivity contribution in [3.8, 4) is 0 Å². The van der Waals surface area contributed by atoms with Gasteiger partial charge < -0.3 is 5.32 Å². The van der Waals surface area contributed by atoms with Crippen LogP contribution in [-0.2, 0) is 0 Å². The van der Waals surface area contributed by atoms with Crippen molar-refractivity contribution in [3.05, 3.63) is 34.3 Å². The summed E-state index contributed by atoms with van der Waals surface area (Å²) in [6.07, 6.45) is 2.14. The van der Waals surface area contributed by atoms with E-state index < -0.39 is 0 Å². The lowest BCUT2D eigenvalue weighted by Crippen LogP contribution is -2.30. The summed E-state index contributed by atoms with van der Waals surface area (Å²) in [7, 11) is 0. The fourth-order valence-electron chi connectivity index (χ4n) is 1.64. The van der Waals surface area contributed by atoms with Gasteiger partial charge in [-0.05, 0) is 31.7 Å². The van der Waals surface area contributed by atoms with E-state index in [1.807, 2.05) is 17.8 Å². The molecule has 1 nitrogen and oxygen atoms in total. The van der Waals surface area contributed by atoms with Crippen LogP contribution in [-0.4, -0.2) is 18.1 Å². The first-order valence-corrected chi connectivity index (χ1v) is 7.33. The van der Waals surface area contributed by atoms with Crippen molar-refractivity contribution in [2.45, 2.75) is 25.9 Å². The van der Waals surface area contributed by atoms with Crippen LogP contribution >= 0.6 is 27.7 Å². The molecule has 0 saturated heterocycles. The quantitative estimate of drug-likeness (QED) is 0.883. The van der Waals surface area contributed by atoms with Gasteiger partial charge in [0.25, 0.3) is 0 Å². The average molecular weight is 288 g/mol. The molecule has 0 heterocycles. The molecule has 0 radical (unpaired) electrons. The Balaban J connectivity index is 2.61. The van der Waals surface area contributed by atoms with Crippen molar-refractivity contribution in [1.82, 2.24) is 5.32 Å². The third kappa shape index (κ3) is 4.17. The van der Waals surface area contributed by atoms with Crippen molar-refractivity contribution >= 4 is 27.7 Å². The standard InChI is InChI=1S/C12H18BrNS/c1-9(8-15-3)14-10(2)11-6-4-5-7-12(11)13/h4-7,9-10,14H,8H2,1-3H3. The molecule has 0 aliphatic carbocycles. The van der Waals surface area contributed by atoms with E-state index in [1.54, 1.807) is 0 Å². The van der Waals surface area contributed by atoms with E-state index in [1.165, 1.54) is 10.0 Å². The number of nitrogens with one attached hydrogen (secondary N) is 1. The van der Waals surface area contributed by atoms with Gasteiger partial charge in [0.1, 0.15) is 0 Å². The summed E-state index contributed by atoms with van der Waals surface area (Å²) in [6, 6.07) is 9.31. The van der Waals surface area contributed by atoms with E-state index in [9.17, 15) is 0 Å². The van der Waals surface area contributed by atoms with Gasteiger partial charge in [-0.25, -0.2) is 0 Å². The fourth-order valence-corrected chi connectivity index (χ4v) is 2.87. The normalized spacial score (nSPS) is 14.9. The SMILES string of the molecule is CSCC(C)NC(C)c1ccccc1Br. The molecule has 1 rings (SSSR count). The minimum atomic E-state index is 0.391. The highest BCUT2D eigenvalue weighted by Gasteiger charge is 2.10. The number of halogens is 1. The van der Waals surface area contributed by atoms with E-state index in [-0.39, 0.29) is 0 Å². The molecule has 0 aliphatic heterocycles. The number of hydrogen-bond donors (Lipinski definition) is 1. The van der Waals surface area contributed by atoms with Crippen molar-refractivity contribution in [2.24, 2.45) is 0 Å². The molecule has 3 heteroatoms. The molecule has 0 aromatic heterocycles. The van der Waals surface area contributed by atoms with Crippen LogP contribution in [0.5, 0.6) is 0 Å². The smallest absolute Gasteiger partial charge is 0.0305 e. The molecule has 1 aromatic rings. The van der Waals surface area contributed by atoms with E-state index in [0.29, 0.717) is 12.1 Å². The number of thioether (sulfide) groups is 1. The van der Waals surface area contributed by atoms with Gasteiger partial charge in [0.15, 0.2) is 0 Å². The molecule has 2 unspecified atom stereocenters. The molecule has 1 N–H and O–H groups in total. The third-order valence-electron chi connectivity index (χ3n) is 2.32. The molecule has 15 heavy (non-hydrogen) atoms. The summed E-state index contributed by atoms with van der Waals surface area (Å²) >= 11 is 5.46. The summed E-state index contributed by atoms with van der Waals surface area (Å²) in [5.41, 5.74) is 1.32. The zero-order chi connectivity index (χ0) is 11.3. The lowest BCUT2D eigenvalue weighted by molar-refractivity contribution is 0.510. The largest absolute Gasteiger partial charge is 0.307 e. The molecule has 0 aliphatic rings. The molecule has 0 fully saturated rings. The van der Waals surface area contributed by atoms with Crippen LogP contribution in [0.2, 0.25) is 0 Å². The first-order valence-electron chi connectivity index (χ1n) is 5.14. The van der Waals surface area contributed by atoms with Gasteiger partial charge in [-0.2, -0.15) is 11.8 Å². The minimum Gasteiger partial charge on any atom is -0.307 e. The Hall–Kier alpha value is 0.01000. The lowest BCUT2D eigenvalue weighted by atomic mass is 10.1. The van der Waals surface area contributed by atoms with Crippen LogP contribution in [0.4, 0.5) is 0 Å². The molecule has 0 spiro atoms. The van der Waals surface area contributed by atoms with Gasteiger partial charge >= 0.3 is 0 Å². The second-order valence-electron chi connectivity index (χ2n) is 3.77. The highest BCUT2D eigenvalue weighted by Crippen LogP contribution is 2.23. The molecule has 1 aromatic carbocycles. The van der Waals surface area contributed by atoms with Crippen LogP contribution < -0.4 is 5.32 Å². The Morgan fingerprint density at radius 1 is 1.33 bits per heavy atom. The van der Waals surface area contributed by atoms with Crippen LogP contribution in [0, 0.1) is 0 Å². The second kappa shape index (κ2) is 6.56. The lowest BCUT2D eigenvalue weighted by Gasteiger charge is -2.20. The monoisotopic (exact) mass is 287 g/mol. The van der Waals surface area contributed by atoms with Gasteiger partial charge in [-0.15, -0.1) is 0 Å². The van der Waals surface area contributed by atoms with Crippen LogP contribution in [0.3, 0.4) is 0 Å². The van der Waals surface area contributed by atoms with Gasteiger partial charge in [0.05, 0.1) is 0 Å². The number of hydrogen-bond acceptors (Lipinski definition) is 2. The highest BCUT2D eigenvalue weighted by molar-refractivity contribution is 9.10. The van der Waals surface area contributed by atoms with Gasteiger partial charge in [-0.3, -0.25) is 0 Å². The summed E-state index contributed by atoms with van der Waals surface area (Å²) < 4.78 is 1.18. The average Bonchev–Trinajstić information content (AvgIpc) is 2.18. The van der Waals surface area contributed by atoms with Crippen molar-refractivity contribution in [1.29, 1.82) is 0 Å². The molecule has 84 valence electrons. The van der Waals surface area contributed by atoms with Crippen LogP contribution in [0.1, 0.15) is 25.5 Å². The summed E-state index contributed by atoms with van der Waals surface area (Å²) in [5, 5.41) is 3.59. The minimum absolute atomic E-state index is 0.391. The number of rotatable bonds is 5. The summed E-state index contributed by atoms with van der Waals surface area (Å²) in [4.78, 5) is 0. The molecular formula is C12H18BrNS. The topological polar surface area (TPSA) is 12.0 Å². The summed E-state index contributed by atoms with van der Waals surface area (Å²) in [6.45, 7) is 4.43. The van der Waals surface area contributed by atoms with Crippen LogP contribution in [0.25, 0.3) is 0 Å². The third-order valence-corrected chi connectivity index (χ3v) is 3.88. The molecular weight excluding hydrogens is 270 g/mol. The molecule has 0 bridgehead atoms. The number of benzene rings is 1. The predicted octanol–water partition coefficient (Wildman–Crippen LogP) is 3.85. The van der Waals surface area contributed by atoms with Gasteiger partial charge in [-0.1, -0.05) is 34.1 Å². The van der Waals surface area contributed by atoms with E-state index in [0.717, 1.165) is 5.75 Å². The van der Waals surface area contributed by atoms with E-state index in [2.05, 4.69) is 59.5 Å².